The molecule has 1 rings (SSSR count). The summed E-state index contributed by atoms with van der Waals surface area (Å²) in [6.07, 6.45) is 5.74. The van der Waals surface area contributed by atoms with E-state index >= 15 is 0 Å². The lowest BCUT2D eigenvalue weighted by Crippen LogP contribution is -2.50. The fourth-order valence-electron chi connectivity index (χ4n) is 3.04. The Hall–Kier alpha value is -0.610. The first kappa shape index (κ1) is 18.4. The normalized spacial score (nSPS) is 20.2. The van der Waals surface area contributed by atoms with Crippen molar-refractivity contribution in [3.8, 4) is 0 Å². The lowest BCUT2D eigenvalue weighted by atomic mass is 9.94. The lowest BCUT2D eigenvalue weighted by molar-refractivity contribution is -0.150. The third-order valence-electron chi connectivity index (χ3n) is 4.57. The van der Waals surface area contributed by atoms with Crippen molar-refractivity contribution in [1.82, 2.24) is 10.2 Å². The van der Waals surface area contributed by atoms with E-state index in [2.05, 4.69) is 17.1 Å². The highest BCUT2D eigenvalue weighted by atomic mass is 16.5. The Labute approximate surface area is 130 Å². The zero-order valence-electron chi connectivity index (χ0n) is 14.4. The van der Waals surface area contributed by atoms with Crippen LogP contribution >= 0.6 is 0 Å². The van der Waals surface area contributed by atoms with Crippen LogP contribution in [0.1, 0.15) is 59.8 Å². The second kappa shape index (κ2) is 9.42. The molecule has 21 heavy (non-hydrogen) atoms. The Kier molecular flexibility index (Phi) is 8.27. The van der Waals surface area contributed by atoms with E-state index in [0.717, 1.165) is 38.3 Å². The van der Waals surface area contributed by atoms with Crippen molar-refractivity contribution in [2.45, 2.75) is 65.3 Å². The van der Waals surface area contributed by atoms with Gasteiger partial charge in [-0.15, -0.1) is 0 Å². The van der Waals surface area contributed by atoms with Crippen LogP contribution < -0.4 is 5.32 Å². The van der Waals surface area contributed by atoms with Gasteiger partial charge in [-0.2, -0.15) is 0 Å². The summed E-state index contributed by atoms with van der Waals surface area (Å²) in [5.74, 6) is 0.778. The Bertz CT molecular complexity index is 301. The van der Waals surface area contributed by atoms with Gasteiger partial charge < -0.3 is 15.0 Å². The van der Waals surface area contributed by atoms with E-state index in [0.29, 0.717) is 6.61 Å². The fourth-order valence-corrected chi connectivity index (χ4v) is 3.04. The van der Waals surface area contributed by atoms with Gasteiger partial charge in [0.1, 0.15) is 5.54 Å². The number of carbonyl (C=O) groups is 1. The third-order valence-corrected chi connectivity index (χ3v) is 4.57. The highest BCUT2D eigenvalue weighted by Gasteiger charge is 2.33. The number of ether oxygens (including phenoxy) is 1. The number of unbranched alkanes of at least 4 members (excludes halogenated alkanes) is 1. The first-order valence-electron chi connectivity index (χ1n) is 8.66. The summed E-state index contributed by atoms with van der Waals surface area (Å²) >= 11 is 0. The second-order valence-corrected chi connectivity index (χ2v) is 6.56. The first-order valence-corrected chi connectivity index (χ1v) is 8.66. The van der Waals surface area contributed by atoms with Crippen LogP contribution in [0.2, 0.25) is 0 Å². The van der Waals surface area contributed by atoms with Gasteiger partial charge >= 0.3 is 5.97 Å². The van der Waals surface area contributed by atoms with Crippen LogP contribution in [-0.4, -0.2) is 49.2 Å². The van der Waals surface area contributed by atoms with E-state index in [9.17, 15) is 4.79 Å². The van der Waals surface area contributed by atoms with Gasteiger partial charge in [0, 0.05) is 0 Å². The predicted octanol–water partition coefficient (Wildman–Crippen LogP) is 2.82. The molecule has 124 valence electrons. The molecule has 0 aromatic rings. The number of likely N-dealkylation sites (tertiary alicyclic amines) is 1. The highest BCUT2D eigenvalue weighted by Crippen LogP contribution is 2.19. The van der Waals surface area contributed by atoms with Crippen LogP contribution in [0.25, 0.3) is 0 Å². The molecular formula is C17H34N2O2. The molecule has 0 saturated carbocycles. The summed E-state index contributed by atoms with van der Waals surface area (Å²) in [5, 5.41) is 3.30. The average Bonchev–Trinajstić information content (AvgIpc) is 2.46. The van der Waals surface area contributed by atoms with Gasteiger partial charge in [-0.25, -0.2) is 0 Å². The fraction of sp³-hybridized carbons (Fsp3) is 0.941. The highest BCUT2D eigenvalue weighted by molar-refractivity contribution is 5.80. The summed E-state index contributed by atoms with van der Waals surface area (Å²) in [5.41, 5.74) is -0.527. The maximum Gasteiger partial charge on any atom is 0.326 e. The van der Waals surface area contributed by atoms with Crippen molar-refractivity contribution in [3.05, 3.63) is 0 Å². The monoisotopic (exact) mass is 298 g/mol. The molecule has 1 atom stereocenters. The van der Waals surface area contributed by atoms with Crippen LogP contribution in [0, 0.1) is 5.92 Å². The first-order chi connectivity index (χ1) is 10.0. The smallest absolute Gasteiger partial charge is 0.326 e. The molecule has 0 radical (unpaired) electrons. The maximum atomic E-state index is 12.1. The van der Waals surface area contributed by atoms with Gasteiger partial charge in [0.2, 0.25) is 0 Å². The maximum absolute atomic E-state index is 12.1. The molecule has 1 unspecified atom stereocenters. The van der Waals surface area contributed by atoms with Crippen molar-refractivity contribution in [1.29, 1.82) is 0 Å². The van der Waals surface area contributed by atoms with Crippen molar-refractivity contribution in [2.24, 2.45) is 5.92 Å². The van der Waals surface area contributed by atoms with Gasteiger partial charge in [0.25, 0.3) is 0 Å². The molecular weight excluding hydrogens is 264 g/mol. The SMILES string of the molecule is CCNC(C)(CCCCN1CCC(C)CC1)C(=O)OCC. The number of esters is 1. The third kappa shape index (κ3) is 6.35. The molecule has 0 amide bonds. The molecule has 0 bridgehead atoms. The Morgan fingerprint density at radius 1 is 1.29 bits per heavy atom. The van der Waals surface area contributed by atoms with E-state index in [-0.39, 0.29) is 5.97 Å². The van der Waals surface area contributed by atoms with E-state index in [4.69, 9.17) is 4.74 Å². The Morgan fingerprint density at radius 3 is 2.52 bits per heavy atom. The minimum absolute atomic E-state index is 0.112. The van der Waals surface area contributed by atoms with Crippen molar-refractivity contribution >= 4 is 5.97 Å². The minimum atomic E-state index is -0.527. The number of piperidine rings is 1. The summed E-state index contributed by atoms with van der Waals surface area (Å²) in [6.45, 7) is 13.1. The Morgan fingerprint density at radius 2 is 1.95 bits per heavy atom. The van der Waals surface area contributed by atoms with E-state index in [1.54, 1.807) is 0 Å². The van der Waals surface area contributed by atoms with Gasteiger partial charge in [0.05, 0.1) is 6.61 Å². The molecule has 1 heterocycles. The van der Waals surface area contributed by atoms with Gasteiger partial charge in [0.15, 0.2) is 0 Å². The van der Waals surface area contributed by atoms with Crippen molar-refractivity contribution in [3.63, 3.8) is 0 Å². The second-order valence-electron chi connectivity index (χ2n) is 6.56. The molecule has 0 aromatic carbocycles. The lowest BCUT2D eigenvalue weighted by Gasteiger charge is -2.31. The summed E-state index contributed by atoms with van der Waals surface area (Å²) < 4.78 is 5.21. The van der Waals surface area contributed by atoms with Crippen molar-refractivity contribution < 1.29 is 9.53 Å². The largest absolute Gasteiger partial charge is 0.465 e. The molecule has 4 nitrogen and oxygen atoms in total. The van der Waals surface area contributed by atoms with Crippen molar-refractivity contribution in [2.75, 3.05) is 32.8 Å². The molecule has 1 aliphatic rings. The van der Waals surface area contributed by atoms with Gasteiger partial charge in [-0.3, -0.25) is 4.79 Å². The number of rotatable bonds is 9. The summed E-state index contributed by atoms with van der Waals surface area (Å²) in [4.78, 5) is 14.7. The number of hydrogen-bond acceptors (Lipinski definition) is 4. The molecule has 4 heteroatoms. The number of carbonyl (C=O) groups excluding carboxylic acids is 1. The van der Waals surface area contributed by atoms with Crippen LogP contribution in [-0.2, 0) is 9.53 Å². The quantitative estimate of drug-likeness (QED) is 0.525. The number of nitrogens with one attached hydrogen (secondary N) is 1. The number of nitrogens with zero attached hydrogens (tertiary/aromatic N) is 1. The van der Waals surface area contributed by atoms with Crippen LogP contribution in [0.5, 0.6) is 0 Å². The molecule has 1 fully saturated rings. The summed E-state index contributed by atoms with van der Waals surface area (Å²) in [6, 6.07) is 0. The van der Waals surface area contributed by atoms with Crippen LogP contribution in [0.3, 0.4) is 0 Å². The molecule has 1 aliphatic heterocycles. The molecule has 0 aliphatic carbocycles. The number of hydrogen-bond donors (Lipinski definition) is 1. The van der Waals surface area contributed by atoms with Crippen LogP contribution in [0.4, 0.5) is 0 Å². The topological polar surface area (TPSA) is 41.6 Å². The standard InChI is InChI=1S/C17H34N2O2/c1-5-18-17(4,16(20)21-6-2)11-7-8-12-19-13-9-15(3)10-14-19/h15,18H,5-14H2,1-4H3. The Balaban J connectivity index is 2.28. The van der Waals surface area contributed by atoms with E-state index < -0.39 is 5.54 Å². The molecule has 1 saturated heterocycles. The van der Waals surface area contributed by atoms with E-state index in [1.165, 1.54) is 25.9 Å². The number of likely N-dealkylation sites (N-methyl/N-ethyl adjacent to an activating group) is 1. The van der Waals surface area contributed by atoms with Crippen LogP contribution in [0.15, 0.2) is 0 Å². The zero-order chi connectivity index (χ0) is 15.7. The zero-order valence-corrected chi connectivity index (χ0v) is 14.4. The predicted molar refractivity (Wildman–Crippen MR) is 87.4 cm³/mol. The minimum Gasteiger partial charge on any atom is -0.465 e. The van der Waals surface area contributed by atoms with Gasteiger partial charge in [-0.05, 0) is 78.0 Å². The molecule has 0 spiro atoms. The molecule has 0 aromatic heterocycles. The van der Waals surface area contributed by atoms with Gasteiger partial charge in [-0.1, -0.05) is 13.8 Å². The van der Waals surface area contributed by atoms with E-state index in [1.807, 2.05) is 20.8 Å². The average molecular weight is 298 g/mol. The molecule has 1 N–H and O–H groups in total. The summed E-state index contributed by atoms with van der Waals surface area (Å²) in [7, 11) is 0.